The van der Waals surface area contributed by atoms with Gasteiger partial charge in [-0.25, -0.2) is 9.48 Å². The summed E-state index contributed by atoms with van der Waals surface area (Å²) in [6.45, 7) is 0. The number of hydrogen-bond acceptors (Lipinski definition) is 3. The second-order valence-corrected chi connectivity index (χ2v) is 5.73. The van der Waals surface area contributed by atoms with Crippen LogP contribution in [0.3, 0.4) is 0 Å². The molecule has 0 unspecified atom stereocenters. The molecule has 1 atom stereocenters. The van der Waals surface area contributed by atoms with Gasteiger partial charge in [-0.05, 0) is 42.0 Å². The Morgan fingerprint density at radius 1 is 1.12 bits per heavy atom. The summed E-state index contributed by atoms with van der Waals surface area (Å²) < 4.78 is 1.62. The van der Waals surface area contributed by atoms with Crippen molar-refractivity contribution in [3.63, 3.8) is 0 Å². The van der Waals surface area contributed by atoms with Crippen molar-refractivity contribution in [2.45, 2.75) is 6.04 Å². The SMILES string of the molecule is O=C(N[C@@H](C(=O)O)c1ccc(Cl)cc1)c1cccc(-n2cccn2)c1. The predicted molar refractivity (Wildman–Crippen MR) is 92.9 cm³/mol. The lowest BCUT2D eigenvalue weighted by Gasteiger charge is -2.15. The molecular formula is C18H14ClN3O3. The molecule has 0 aliphatic heterocycles. The third-order valence-electron chi connectivity index (χ3n) is 3.60. The zero-order valence-corrected chi connectivity index (χ0v) is 13.7. The molecular weight excluding hydrogens is 342 g/mol. The van der Waals surface area contributed by atoms with E-state index in [9.17, 15) is 14.7 Å². The fourth-order valence-corrected chi connectivity index (χ4v) is 2.49. The van der Waals surface area contributed by atoms with Crippen LogP contribution in [-0.4, -0.2) is 26.8 Å². The number of carbonyl (C=O) groups excluding carboxylic acids is 1. The van der Waals surface area contributed by atoms with Crippen molar-refractivity contribution in [3.05, 3.63) is 83.1 Å². The van der Waals surface area contributed by atoms with Crippen LogP contribution in [0, 0.1) is 0 Å². The fourth-order valence-electron chi connectivity index (χ4n) is 2.37. The molecule has 0 saturated carbocycles. The first-order chi connectivity index (χ1) is 12.0. The van der Waals surface area contributed by atoms with Crippen LogP contribution >= 0.6 is 11.6 Å². The molecule has 7 heteroatoms. The largest absolute Gasteiger partial charge is 0.479 e. The summed E-state index contributed by atoms with van der Waals surface area (Å²) in [5.74, 6) is -1.64. The highest BCUT2D eigenvalue weighted by Crippen LogP contribution is 2.18. The average Bonchev–Trinajstić information content (AvgIpc) is 3.15. The van der Waals surface area contributed by atoms with Crippen LogP contribution < -0.4 is 5.32 Å². The van der Waals surface area contributed by atoms with E-state index in [2.05, 4.69) is 10.4 Å². The van der Waals surface area contributed by atoms with E-state index < -0.39 is 17.9 Å². The number of aromatic nitrogens is 2. The van der Waals surface area contributed by atoms with Crippen molar-refractivity contribution >= 4 is 23.5 Å². The molecule has 0 radical (unpaired) electrons. The van der Waals surface area contributed by atoms with Gasteiger partial charge in [-0.1, -0.05) is 29.8 Å². The van der Waals surface area contributed by atoms with Crippen molar-refractivity contribution in [3.8, 4) is 5.69 Å². The summed E-state index contributed by atoms with van der Waals surface area (Å²) >= 11 is 5.82. The van der Waals surface area contributed by atoms with Gasteiger partial charge in [0.2, 0.25) is 0 Å². The van der Waals surface area contributed by atoms with E-state index in [0.29, 0.717) is 21.8 Å². The molecule has 3 rings (SSSR count). The summed E-state index contributed by atoms with van der Waals surface area (Å²) in [6, 6.07) is 13.7. The van der Waals surface area contributed by atoms with Crippen LogP contribution in [0.2, 0.25) is 5.02 Å². The van der Waals surface area contributed by atoms with E-state index in [4.69, 9.17) is 11.6 Å². The van der Waals surface area contributed by atoms with Crippen LogP contribution in [0.1, 0.15) is 22.0 Å². The highest BCUT2D eigenvalue weighted by Gasteiger charge is 2.22. The number of nitrogens with one attached hydrogen (secondary N) is 1. The van der Waals surface area contributed by atoms with Crippen molar-refractivity contribution in [2.24, 2.45) is 0 Å². The van der Waals surface area contributed by atoms with Crippen molar-refractivity contribution in [2.75, 3.05) is 0 Å². The lowest BCUT2D eigenvalue weighted by Crippen LogP contribution is -2.33. The molecule has 1 amide bonds. The number of carbonyl (C=O) groups is 2. The third-order valence-corrected chi connectivity index (χ3v) is 3.85. The van der Waals surface area contributed by atoms with Crippen molar-refractivity contribution in [1.29, 1.82) is 0 Å². The standard InChI is InChI=1S/C18H14ClN3O3/c19-14-7-5-12(6-8-14)16(18(24)25)21-17(23)13-3-1-4-15(11-13)22-10-2-9-20-22/h1-11,16H,(H,21,23)(H,24,25)/t16-/m1/s1. The number of carboxylic acid groups (broad SMARTS) is 1. The van der Waals surface area contributed by atoms with Gasteiger partial charge in [0.05, 0.1) is 5.69 Å². The lowest BCUT2D eigenvalue weighted by atomic mass is 10.1. The number of carboxylic acids is 1. The highest BCUT2D eigenvalue weighted by atomic mass is 35.5. The molecule has 0 fully saturated rings. The molecule has 2 N–H and O–H groups in total. The molecule has 0 aliphatic carbocycles. The summed E-state index contributed by atoms with van der Waals surface area (Å²) in [5.41, 5.74) is 1.48. The molecule has 1 aromatic heterocycles. The summed E-state index contributed by atoms with van der Waals surface area (Å²) in [4.78, 5) is 24.0. The van der Waals surface area contributed by atoms with Crippen molar-refractivity contribution in [1.82, 2.24) is 15.1 Å². The minimum Gasteiger partial charge on any atom is -0.479 e. The number of nitrogens with zero attached hydrogens (tertiary/aromatic N) is 2. The second-order valence-electron chi connectivity index (χ2n) is 5.30. The van der Waals surface area contributed by atoms with E-state index in [0.717, 1.165) is 0 Å². The first-order valence-electron chi connectivity index (χ1n) is 7.44. The van der Waals surface area contributed by atoms with Gasteiger partial charge in [0.25, 0.3) is 5.91 Å². The highest BCUT2D eigenvalue weighted by molar-refractivity contribution is 6.30. The summed E-state index contributed by atoms with van der Waals surface area (Å²) in [6.07, 6.45) is 3.39. The predicted octanol–water partition coefficient (Wildman–Crippen LogP) is 3.08. The topological polar surface area (TPSA) is 84.2 Å². The molecule has 6 nitrogen and oxygen atoms in total. The van der Waals surface area contributed by atoms with Gasteiger partial charge in [0.1, 0.15) is 0 Å². The fraction of sp³-hybridized carbons (Fsp3) is 0.0556. The van der Waals surface area contributed by atoms with Crippen LogP contribution in [0.4, 0.5) is 0 Å². The first kappa shape index (κ1) is 16.7. The first-order valence-corrected chi connectivity index (χ1v) is 7.81. The molecule has 0 saturated heterocycles. The lowest BCUT2D eigenvalue weighted by molar-refractivity contribution is -0.139. The summed E-state index contributed by atoms with van der Waals surface area (Å²) in [7, 11) is 0. The number of hydrogen-bond donors (Lipinski definition) is 2. The van der Waals surface area contributed by atoms with Gasteiger partial charge < -0.3 is 10.4 Å². The Morgan fingerprint density at radius 2 is 1.88 bits per heavy atom. The molecule has 3 aromatic rings. The number of halogens is 1. The molecule has 2 aromatic carbocycles. The molecule has 25 heavy (non-hydrogen) atoms. The summed E-state index contributed by atoms with van der Waals surface area (Å²) in [5, 5.41) is 16.6. The Morgan fingerprint density at radius 3 is 2.52 bits per heavy atom. The average molecular weight is 356 g/mol. The Hall–Kier alpha value is -3.12. The van der Waals surface area contributed by atoms with Gasteiger partial charge >= 0.3 is 5.97 Å². The number of amides is 1. The molecule has 0 bridgehead atoms. The maximum Gasteiger partial charge on any atom is 0.330 e. The molecule has 0 aliphatic rings. The van der Waals surface area contributed by atoms with E-state index in [-0.39, 0.29) is 0 Å². The number of aliphatic carboxylic acids is 1. The van der Waals surface area contributed by atoms with E-state index in [1.54, 1.807) is 71.7 Å². The minimum absolute atomic E-state index is 0.341. The van der Waals surface area contributed by atoms with Gasteiger partial charge in [0, 0.05) is 23.0 Å². The Bertz CT molecular complexity index is 892. The van der Waals surface area contributed by atoms with Gasteiger partial charge in [-0.15, -0.1) is 0 Å². The van der Waals surface area contributed by atoms with Gasteiger partial charge in [-0.2, -0.15) is 5.10 Å². The van der Waals surface area contributed by atoms with E-state index in [1.807, 2.05) is 0 Å². The zero-order chi connectivity index (χ0) is 17.8. The minimum atomic E-state index is -1.17. The quantitative estimate of drug-likeness (QED) is 0.736. The van der Waals surface area contributed by atoms with E-state index >= 15 is 0 Å². The van der Waals surface area contributed by atoms with Crippen molar-refractivity contribution < 1.29 is 14.7 Å². The van der Waals surface area contributed by atoms with E-state index in [1.165, 1.54) is 0 Å². The van der Waals surface area contributed by atoms with Crippen LogP contribution in [0.15, 0.2) is 67.0 Å². The Labute approximate surface area is 148 Å². The van der Waals surface area contributed by atoms with Crippen LogP contribution in [-0.2, 0) is 4.79 Å². The molecule has 0 spiro atoms. The molecule has 1 heterocycles. The smallest absolute Gasteiger partial charge is 0.330 e. The molecule has 126 valence electrons. The Balaban J connectivity index is 1.83. The third kappa shape index (κ3) is 3.87. The van der Waals surface area contributed by atoms with Crippen LogP contribution in [0.5, 0.6) is 0 Å². The Kier molecular flexibility index (Phi) is 4.81. The monoisotopic (exact) mass is 355 g/mol. The second kappa shape index (κ2) is 7.19. The zero-order valence-electron chi connectivity index (χ0n) is 13.0. The maximum absolute atomic E-state index is 12.5. The normalized spacial score (nSPS) is 11.7. The van der Waals surface area contributed by atoms with Gasteiger partial charge in [-0.3, -0.25) is 4.79 Å². The maximum atomic E-state index is 12.5. The number of benzene rings is 2. The van der Waals surface area contributed by atoms with Crippen LogP contribution in [0.25, 0.3) is 5.69 Å². The van der Waals surface area contributed by atoms with Gasteiger partial charge in [0.15, 0.2) is 6.04 Å². The number of rotatable bonds is 5.